The summed E-state index contributed by atoms with van der Waals surface area (Å²) < 4.78 is 1.89. The van der Waals surface area contributed by atoms with Crippen LogP contribution in [0.5, 0.6) is 0 Å². The van der Waals surface area contributed by atoms with Crippen molar-refractivity contribution >= 4 is 0 Å². The smallest absolute Gasteiger partial charge is 0.0531 e. The van der Waals surface area contributed by atoms with Crippen LogP contribution in [0.4, 0.5) is 0 Å². The molecule has 11 heavy (non-hydrogen) atoms. The summed E-state index contributed by atoms with van der Waals surface area (Å²) in [6.45, 7) is 3.65. The van der Waals surface area contributed by atoms with E-state index in [1.165, 1.54) is 12.0 Å². The summed E-state index contributed by atoms with van der Waals surface area (Å²) >= 11 is 0. The fourth-order valence-corrected chi connectivity index (χ4v) is 1.08. The highest BCUT2D eigenvalue weighted by atomic mass is 15.3. The normalized spacial score (nSPS) is 10.4. The zero-order valence-electron chi connectivity index (χ0n) is 6.95. The fraction of sp³-hybridized carbons (Fsp3) is 0.625. The third kappa shape index (κ3) is 2.35. The first-order valence-corrected chi connectivity index (χ1v) is 4.08. The first-order chi connectivity index (χ1) is 5.36. The van der Waals surface area contributed by atoms with Crippen LogP contribution in [0.3, 0.4) is 0 Å². The number of hydrogen-bond donors (Lipinski definition) is 1. The average molecular weight is 153 g/mol. The van der Waals surface area contributed by atoms with Crippen LogP contribution < -0.4 is 5.73 Å². The van der Waals surface area contributed by atoms with Crippen LogP contribution in [0.25, 0.3) is 0 Å². The van der Waals surface area contributed by atoms with Gasteiger partial charge in [0.1, 0.15) is 0 Å². The zero-order chi connectivity index (χ0) is 8.10. The minimum atomic E-state index is 0.660. The third-order valence-corrected chi connectivity index (χ3v) is 1.58. The first kappa shape index (κ1) is 8.27. The lowest BCUT2D eigenvalue weighted by Gasteiger charge is -1.94. The number of aromatic nitrogens is 2. The van der Waals surface area contributed by atoms with E-state index in [1.807, 2.05) is 10.9 Å². The second-order valence-corrected chi connectivity index (χ2v) is 2.65. The van der Waals surface area contributed by atoms with Gasteiger partial charge >= 0.3 is 0 Å². The van der Waals surface area contributed by atoms with Gasteiger partial charge in [0, 0.05) is 12.7 Å². The second-order valence-electron chi connectivity index (χ2n) is 2.65. The second kappa shape index (κ2) is 4.13. The maximum Gasteiger partial charge on any atom is 0.0531 e. The van der Waals surface area contributed by atoms with Crippen LogP contribution in [-0.4, -0.2) is 16.3 Å². The Hall–Kier alpha value is -0.830. The van der Waals surface area contributed by atoms with Crippen molar-refractivity contribution in [2.24, 2.45) is 5.73 Å². The van der Waals surface area contributed by atoms with Gasteiger partial charge in [0.05, 0.1) is 12.7 Å². The number of nitrogens with zero attached hydrogens (tertiary/aromatic N) is 2. The maximum absolute atomic E-state index is 5.38. The van der Waals surface area contributed by atoms with Gasteiger partial charge in [-0.25, -0.2) is 0 Å². The summed E-state index contributed by atoms with van der Waals surface area (Å²) in [7, 11) is 0. The molecular formula is C8H15N3. The molecule has 0 spiro atoms. The van der Waals surface area contributed by atoms with Gasteiger partial charge in [0.15, 0.2) is 0 Å². The summed E-state index contributed by atoms with van der Waals surface area (Å²) in [5.74, 6) is 0. The van der Waals surface area contributed by atoms with Crippen molar-refractivity contribution in [3.05, 3.63) is 18.0 Å². The van der Waals surface area contributed by atoms with Crippen LogP contribution in [-0.2, 0) is 13.0 Å². The molecule has 0 saturated heterocycles. The van der Waals surface area contributed by atoms with E-state index in [4.69, 9.17) is 5.73 Å². The molecule has 0 atom stereocenters. The molecule has 2 N–H and O–H groups in total. The van der Waals surface area contributed by atoms with Crippen molar-refractivity contribution in [2.75, 3.05) is 6.54 Å². The number of hydrogen-bond acceptors (Lipinski definition) is 2. The van der Waals surface area contributed by atoms with E-state index >= 15 is 0 Å². The van der Waals surface area contributed by atoms with E-state index < -0.39 is 0 Å². The predicted octanol–water partition coefficient (Wildman–Crippen LogP) is 0.794. The standard InChI is InChI=1S/C8H15N3/c1-2-3-8-6-10-11(7-8)5-4-9/h6-7H,2-5,9H2,1H3. The minimum Gasteiger partial charge on any atom is -0.329 e. The molecule has 1 heterocycles. The molecule has 1 aromatic rings. The van der Waals surface area contributed by atoms with Crippen LogP contribution in [0.15, 0.2) is 12.4 Å². The Kier molecular flexibility index (Phi) is 3.11. The molecule has 62 valence electrons. The lowest BCUT2D eigenvalue weighted by molar-refractivity contribution is 0.624. The molecule has 3 nitrogen and oxygen atoms in total. The Labute approximate surface area is 67.2 Å². The lowest BCUT2D eigenvalue weighted by atomic mass is 10.2. The zero-order valence-corrected chi connectivity index (χ0v) is 6.95. The number of nitrogens with two attached hydrogens (primary N) is 1. The summed E-state index contributed by atoms with van der Waals surface area (Å²) in [4.78, 5) is 0. The predicted molar refractivity (Wildman–Crippen MR) is 45.3 cm³/mol. The van der Waals surface area contributed by atoms with Crippen LogP contribution in [0.2, 0.25) is 0 Å². The maximum atomic E-state index is 5.38. The number of aryl methyl sites for hydroxylation is 1. The Morgan fingerprint density at radius 2 is 2.45 bits per heavy atom. The molecule has 0 aliphatic carbocycles. The van der Waals surface area contributed by atoms with Crippen LogP contribution in [0, 0.1) is 0 Å². The number of rotatable bonds is 4. The lowest BCUT2D eigenvalue weighted by Crippen LogP contribution is -2.09. The molecule has 3 heteroatoms. The Bertz CT molecular complexity index is 184. The quantitative estimate of drug-likeness (QED) is 0.695. The Morgan fingerprint density at radius 1 is 1.64 bits per heavy atom. The van der Waals surface area contributed by atoms with Crippen LogP contribution in [0.1, 0.15) is 18.9 Å². The van der Waals surface area contributed by atoms with E-state index in [1.54, 1.807) is 0 Å². The Balaban J connectivity index is 2.51. The molecule has 0 fully saturated rings. The van der Waals surface area contributed by atoms with Crippen molar-refractivity contribution in [3.8, 4) is 0 Å². The van der Waals surface area contributed by atoms with Gasteiger partial charge in [-0.05, 0) is 12.0 Å². The minimum absolute atomic E-state index is 0.660. The molecule has 0 aliphatic heterocycles. The van der Waals surface area contributed by atoms with Crippen molar-refractivity contribution < 1.29 is 0 Å². The topological polar surface area (TPSA) is 43.8 Å². The molecule has 1 aromatic heterocycles. The van der Waals surface area contributed by atoms with E-state index in [-0.39, 0.29) is 0 Å². The largest absolute Gasteiger partial charge is 0.329 e. The van der Waals surface area contributed by atoms with Gasteiger partial charge in [0.25, 0.3) is 0 Å². The van der Waals surface area contributed by atoms with Gasteiger partial charge in [-0.1, -0.05) is 13.3 Å². The highest BCUT2D eigenvalue weighted by Gasteiger charge is 1.94. The molecule has 0 bridgehead atoms. The molecule has 0 radical (unpaired) electrons. The third-order valence-electron chi connectivity index (χ3n) is 1.58. The summed E-state index contributed by atoms with van der Waals surface area (Å²) in [5.41, 5.74) is 6.69. The summed E-state index contributed by atoms with van der Waals surface area (Å²) in [6.07, 6.45) is 6.27. The molecular weight excluding hydrogens is 138 g/mol. The molecule has 0 aromatic carbocycles. The van der Waals surface area contributed by atoms with E-state index in [2.05, 4.69) is 18.2 Å². The Morgan fingerprint density at radius 3 is 3.09 bits per heavy atom. The van der Waals surface area contributed by atoms with Gasteiger partial charge in [-0.2, -0.15) is 5.10 Å². The van der Waals surface area contributed by atoms with Crippen molar-refractivity contribution in [3.63, 3.8) is 0 Å². The highest BCUT2D eigenvalue weighted by molar-refractivity contribution is 5.03. The van der Waals surface area contributed by atoms with E-state index in [9.17, 15) is 0 Å². The fourth-order valence-electron chi connectivity index (χ4n) is 1.08. The monoisotopic (exact) mass is 153 g/mol. The van der Waals surface area contributed by atoms with Crippen molar-refractivity contribution in [2.45, 2.75) is 26.3 Å². The van der Waals surface area contributed by atoms with Crippen molar-refractivity contribution in [1.82, 2.24) is 9.78 Å². The molecule has 0 unspecified atom stereocenters. The molecule has 0 saturated carbocycles. The average Bonchev–Trinajstić information content (AvgIpc) is 2.38. The van der Waals surface area contributed by atoms with Gasteiger partial charge < -0.3 is 5.73 Å². The SMILES string of the molecule is CCCc1cnn(CCN)c1. The van der Waals surface area contributed by atoms with Gasteiger partial charge in [-0.3, -0.25) is 4.68 Å². The van der Waals surface area contributed by atoms with Crippen LogP contribution >= 0.6 is 0 Å². The van der Waals surface area contributed by atoms with Crippen molar-refractivity contribution in [1.29, 1.82) is 0 Å². The van der Waals surface area contributed by atoms with E-state index in [0.717, 1.165) is 13.0 Å². The summed E-state index contributed by atoms with van der Waals surface area (Å²) in [6, 6.07) is 0. The highest BCUT2D eigenvalue weighted by Crippen LogP contribution is 2.00. The molecule has 0 amide bonds. The molecule has 1 rings (SSSR count). The van der Waals surface area contributed by atoms with Gasteiger partial charge in [0.2, 0.25) is 0 Å². The van der Waals surface area contributed by atoms with Gasteiger partial charge in [-0.15, -0.1) is 0 Å². The summed E-state index contributed by atoms with van der Waals surface area (Å²) in [5, 5.41) is 4.16. The molecule has 0 aliphatic rings. The first-order valence-electron chi connectivity index (χ1n) is 4.08. The van der Waals surface area contributed by atoms with E-state index in [0.29, 0.717) is 6.54 Å².